The summed E-state index contributed by atoms with van der Waals surface area (Å²) in [7, 11) is 0. The van der Waals surface area contributed by atoms with E-state index < -0.39 is 0 Å². The van der Waals surface area contributed by atoms with Crippen LogP contribution in [0.15, 0.2) is 47.3 Å². The molecule has 0 fully saturated rings. The Morgan fingerprint density at radius 2 is 1.96 bits per heavy atom. The average molecular weight is 353 g/mol. The molecule has 0 aliphatic heterocycles. The van der Waals surface area contributed by atoms with Gasteiger partial charge in [0.25, 0.3) is 5.56 Å². The van der Waals surface area contributed by atoms with Gasteiger partial charge in [0, 0.05) is 18.7 Å². The van der Waals surface area contributed by atoms with E-state index in [0.29, 0.717) is 15.7 Å². The Balaban J connectivity index is 1.77. The van der Waals surface area contributed by atoms with Gasteiger partial charge < -0.3 is 10.3 Å². The first-order valence-electron chi connectivity index (χ1n) is 8.04. The summed E-state index contributed by atoms with van der Waals surface area (Å²) in [6.45, 7) is 4.19. The number of rotatable bonds is 4. The summed E-state index contributed by atoms with van der Waals surface area (Å²) in [4.78, 5) is 27.8. The van der Waals surface area contributed by atoms with E-state index in [1.54, 1.807) is 12.1 Å². The number of carbonyl (C=O) groups is 1. The van der Waals surface area contributed by atoms with E-state index in [-0.39, 0.29) is 24.4 Å². The molecule has 2 aromatic carbocycles. The third-order valence-electron chi connectivity index (χ3n) is 4.11. The Morgan fingerprint density at radius 1 is 1.20 bits per heavy atom. The molecule has 0 saturated heterocycles. The molecule has 0 spiro atoms. The summed E-state index contributed by atoms with van der Waals surface area (Å²) in [6.07, 6.45) is 0.170. The number of amides is 1. The molecule has 1 heterocycles. The second-order valence-corrected chi connectivity index (χ2v) is 6.44. The number of hydrogen-bond acceptors (Lipinski definition) is 3. The van der Waals surface area contributed by atoms with Gasteiger partial charge in [-0.2, -0.15) is 0 Å². The molecule has 25 heavy (non-hydrogen) atoms. The van der Waals surface area contributed by atoms with E-state index in [2.05, 4.69) is 10.3 Å². The lowest BCUT2D eigenvalue weighted by Crippen LogP contribution is -2.25. The van der Waals surface area contributed by atoms with Crippen molar-refractivity contribution in [3.63, 3.8) is 0 Å². The molecule has 0 aliphatic rings. The summed E-state index contributed by atoms with van der Waals surface area (Å²) in [5.74, 6) is -0.151. The van der Waals surface area contributed by atoms with Gasteiger partial charge in [0.05, 0.1) is 10.9 Å². The number of anilines is 1. The SMILES string of the molecule is Cc1ccc(NC(=O)CCn2c(=S)[nH]c3ccccc3c2=O)c(C)c1. The van der Waals surface area contributed by atoms with Crippen LogP contribution in [-0.4, -0.2) is 15.5 Å². The molecule has 1 amide bonds. The zero-order chi connectivity index (χ0) is 18.0. The monoisotopic (exact) mass is 353 g/mol. The highest BCUT2D eigenvalue weighted by atomic mass is 32.1. The van der Waals surface area contributed by atoms with Crippen molar-refractivity contribution in [2.75, 3.05) is 5.32 Å². The first kappa shape index (κ1) is 17.1. The molecule has 6 heteroatoms. The van der Waals surface area contributed by atoms with Gasteiger partial charge in [-0.25, -0.2) is 0 Å². The molecule has 0 radical (unpaired) electrons. The lowest BCUT2D eigenvalue weighted by Gasteiger charge is -2.10. The van der Waals surface area contributed by atoms with Crippen molar-refractivity contribution in [3.05, 3.63) is 68.7 Å². The van der Waals surface area contributed by atoms with E-state index in [9.17, 15) is 9.59 Å². The Morgan fingerprint density at radius 3 is 2.72 bits per heavy atom. The minimum absolute atomic E-state index is 0.151. The van der Waals surface area contributed by atoms with Crippen LogP contribution >= 0.6 is 12.2 Å². The van der Waals surface area contributed by atoms with Gasteiger partial charge in [0.1, 0.15) is 0 Å². The lowest BCUT2D eigenvalue weighted by atomic mass is 10.1. The highest BCUT2D eigenvalue weighted by molar-refractivity contribution is 7.71. The van der Waals surface area contributed by atoms with Crippen molar-refractivity contribution in [1.29, 1.82) is 0 Å². The maximum Gasteiger partial charge on any atom is 0.262 e. The number of aromatic nitrogens is 2. The number of H-pyrrole nitrogens is 1. The predicted molar refractivity (Wildman–Crippen MR) is 103 cm³/mol. The normalized spacial score (nSPS) is 10.8. The smallest absolute Gasteiger partial charge is 0.262 e. The first-order chi connectivity index (χ1) is 12.0. The fraction of sp³-hybridized carbons (Fsp3) is 0.211. The van der Waals surface area contributed by atoms with Gasteiger partial charge in [-0.1, -0.05) is 29.8 Å². The van der Waals surface area contributed by atoms with Crippen molar-refractivity contribution >= 4 is 34.7 Å². The highest BCUT2D eigenvalue weighted by Crippen LogP contribution is 2.16. The molecular weight excluding hydrogens is 334 g/mol. The molecule has 0 unspecified atom stereocenters. The summed E-state index contributed by atoms with van der Waals surface area (Å²) < 4.78 is 1.75. The maximum absolute atomic E-state index is 12.6. The van der Waals surface area contributed by atoms with Gasteiger partial charge in [-0.05, 0) is 49.8 Å². The van der Waals surface area contributed by atoms with Gasteiger partial charge in [0.15, 0.2) is 4.77 Å². The minimum Gasteiger partial charge on any atom is -0.332 e. The van der Waals surface area contributed by atoms with E-state index >= 15 is 0 Å². The molecular formula is C19H19N3O2S. The molecule has 3 aromatic rings. The topological polar surface area (TPSA) is 66.9 Å². The second-order valence-electron chi connectivity index (χ2n) is 6.05. The van der Waals surface area contributed by atoms with E-state index in [0.717, 1.165) is 16.8 Å². The first-order valence-corrected chi connectivity index (χ1v) is 8.45. The maximum atomic E-state index is 12.6. The Hall–Kier alpha value is -2.73. The van der Waals surface area contributed by atoms with Crippen LogP contribution in [0.3, 0.4) is 0 Å². The average Bonchev–Trinajstić information content (AvgIpc) is 2.57. The summed E-state index contributed by atoms with van der Waals surface area (Å²) in [5.41, 5.74) is 3.46. The molecule has 5 nitrogen and oxygen atoms in total. The number of aryl methyl sites for hydroxylation is 2. The quantitative estimate of drug-likeness (QED) is 0.703. The second kappa shape index (κ2) is 7.03. The fourth-order valence-corrected chi connectivity index (χ4v) is 3.07. The summed E-state index contributed by atoms with van der Waals surface area (Å²) in [5, 5.41) is 3.45. The van der Waals surface area contributed by atoms with E-state index in [4.69, 9.17) is 12.2 Å². The number of benzene rings is 2. The van der Waals surface area contributed by atoms with Crippen LogP contribution in [0.5, 0.6) is 0 Å². The third kappa shape index (κ3) is 3.69. The Bertz CT molecular complexity index is 1070. The van der Waals surface area contributed by atoms with Crippen molar-refractivity contribution in [2.45, 2.75) is 26.8 Å². The van der Waals surface area contributed by atoms with Gasteiger partial charge in [-0.15, -0.1) is 0 Å². The summed E-state index contributed by atoms with van der Waals surface area (Å²) >= 11 is 5.26. The zero-order valence-electron chi connectivity index (χ0n) is 14.1. The number of nitrogens with one attached hydrogen (secondary N) is 2. The fourth-order valence-electron chi connectivity index (χ4n) is 2.78. The van der Waals surface area contributed by atoms with Crippen LogP contribution in [-0.2, 0) is 11.3 Å². The predicted octanol–water partition coefficient (Wildman–Crippen LogP) is 3.70. The number of hydrogen-bond donors (Lipinski definition) is 2. The van der Waals surface area contributed by atoms with Gasteiger partial charge >= 0.3 is 0 Å². The largest absolute Gasteiger partial charge is 0.332 e. The molecule has 3 rings (SSSR count). The number of carbonyl (C=O) groups excluding carboxylic acids is 1. The van der Waals surface area contributed by atoms with E-state index in [1.807, 2.05) is 44.2 Å². The van der Waals surface area contributed by atoms with Crippen molar-refractivity contribution < 1.29 is 4.79 Å². The molecule has 0 saturated carbocycles. The third-order valence-corrected chi connectivity index (χ3v) is 4.43. The van der Waals surface area contributed by atoms with Crippen molar-refractivity contribution in [1.82, 2.24) is 9.55 Å². The zero-order valence-corrected chi connectivity index (χ0v) is 14.9. The molecule has 128 valence electrons. The van der Waals surface area contributed by atoms with Crippen LogP contribution < -0.4 is 10.9 Å². The van der Waals surface area contributed by atoms with Crippen LogP contribution in [0.2, 0.25) is 0 Å². The van der Waals surface area contributed by atoms with Crippen LogP contribution in [0.25, 0.3) is 10.9 Å². The molecule has 1 aromatic heterocycles. The Kier molecular flexibility index (Phi) is 4.81. The van der Waals surface area contributed by atoms with Gasteiger partial charge in [0.2, 0.25) is 5.91 Å². The lowest BCUT2D eigenvalue weighted by molar-refractivity contribution is -0.116. The molecule has 2 N–H and O–H groups in total. The van der Waals surface area contributed by atoms with E-state index in [1.165, 1.54) is 4.57 Å². The minimum atomic E-state index is -0.182. The number of para-hydroxylation sites is 1. The summed E-state index contributed by atoms with van der Waals surface area (Å²) in [6, 6.07) is 13.1. The highest BCUT2D eigenvalue weighted by Gasteiger charge is 2.09. The molecule has 0 atom stereocenters. The number of aromatic amines is 1. The van der Waals surface area contributed by atoms with Crippen LogP contribution in [0.4, 0.5) is 5.69 Å². The standard InChI is InChI=1S/C19H19N3O2S/c1-12-7-8-15(13(2)11-12)20-17(23)9-10-22-18(24)14-5-3-4-6-16(14)21-19(22)25/h3-8,11H,9-10H2,1-2H3,(H,20,23)(H,21,25). The van der Waals surface area contributed by atoms with Crippen molar-refractivity contribution in [3.8, 4) is 0 Å². The Labute approximate surface area is 150 Å². The molecule has 0 aliphatic carbocycles. The number of nitrogens with zero attached hydrogens (tertiary/aromatic N) is 1. The van der Waals surface area contributed by atoms with Crippen LogP contribution in [0.1, 0.15) is 17.5 Å². The van der Waals surface area contributed by atoms with Crippen molar-refractivity contribution in [2.24, 2.45) is 0 Å². The number of fused-ring (bicyclic) bond motifs is 1. The van der Waals surface area contributed by atoms with Gasteiger partial charge in [-0.3, -0.25) is 14.2 Å². The van der Waals surface area contributed by atoms with Crippen LogP contribution in [0, 0.1) is 18.6 Å². The molecule has 0 bridgehead atoms.